The number of methoxy groups -OCH3 is 1. The molecule has 3 nitrogen and oxygen atoms in total. The highest BCUT2D eigenvalue weighted by molar-refractivity contribution is 5.76. The Morgan fingerprint density at radius 2 is 1.94 bits per heavy atom. The van der Waals surface area contributed by atoms with Gasteiger partial charge in [-0.2, -0.15) is 0 Å². The average Bonchev–Trinajstić information content (AvgIpc) is 2.28. The van der Waals surface area contributed by atoms with E-state index in [1.807, 2.05) is 19.9 Å². The molecule has 0 saturated carbocycles. The number of allylic oxidation sites excluding steroid dienone is 1. The molecule has 86 valence electrons. The van der Waals surface area contributed by atoms with Gasteiger partial charge in [-0.15, -0.1) is 0 Å². The number of carbonyl (C=O) groups excluding carboxylic acids is 1. The Bertz CT molecular complexity index is 390. The number of aldehydes is 1. The fourth-order valence-corrected chi connectivity index (χ4v) is 1.17. The molecule has 0 N–H and O–H groups in total. The third-order valence-corrected chi connectivity index (χ3v) is 2.02. The van der Waals surface area contributed by atoms with Crippen LogP contribution in [-0.2, 0) is 0 Å². The number of hydrogen-bond acceptors (Lipinski definition) is 3. The fraction of sp³-hybridized carbons (Fsp3) is 0.308. The van der Waals surface area contributed by atoms with E-state index < -0.39 is 0 Å². The van der Waals surface area contributed by atoms with Gasteiger partial charge in [-0.1, -0.05) is 5.57 Å². The summed E-state index contributed by atoms with van der Waals surface area (Å²) in [6.07, 6.45) is 2.75. The second kappa shape index (κ2) is 5.95. The van der Waals surface area contributed by atoms with Gasteiger partial charge in [0.25, 0.3) is 0 Å². The standard InChI is InChI=1S/C13H16O3/c1-10(2)4-5-16-13-7-11(9-14)6-12(8-13)15-3/h4,6-9H,5H2,1-3H3. The number of carbonyl (C=O) groups is 1. The second-order valence-corrected chi connectivity index (χ2v) is 3.65. The van der Waals surface area contributed by atoms with E-state index in [-0.39, 0.29) is 0 Å². The highest BCUT2D eigenvalue weighted by Crippen LogP contribution is 2.21. The van der Waals surface area contributed by atoms with Crippen molar-refractivity contribution in [1.82, 2.24) is 0 Å². The first-order valence-electron chi connectivity index (χ1n) is 5.06. The quantitative estimate of drug-likeness (QED) is 0.565. The van der Waals surface area contributed by atoms with Crippen molar-refractivity contribution in [2.45, 2.75) is 13.8 Å². The minimum absolute atomic E-state index is 0.494. The molecule has 0 amide bonds. The molecule has 1 aromatic rings. The summed E-state index contributed by atoms with van der Waals surface area (Å²) < 4.78 is 10.6. The van der Waals surface area contributed by atoms with Crippen LogP contribution in [0.15, 0.2) is 29.8 Å². The van der Waals surface area contributed by atoms with E-state index >= 15 is 0 Å². The molecule has 0 spiro atoms. The van der Waals surface area contributed by atoms with E-state index in [0.29, 0.717) is 23.7 Å². The van der Waals surface area contributed by atoms with Crippen LogP contribution < -0.4 is 9.47 Å². The maximum absolute atomic E-state index is 10.7. The molecule has 3 heteroatoms. The van der Waals surface area contributed by atoms with Crippen molar-refractivity contribution in [1.29, 1.82) is 0 Å². The molecule has 0 aromatic heterocycles. The summed E-state index contributed by atoms with van der Waals surface area (Å²) in [5, 5.41) is 0. The number of benzene rings is 1. The van der Waals surface area contributed by atoms with Gasteiger partial charge in [-0.25, -0.2) is 0 Å². The van der Waals surface area contributed by atoms with Crippen LogP contribution in [0.25, 0.3) is 0 Å². The van der Waals surface area contributed by atoms with Crippen molar-refractivity contribution in [2.75, 3.05) is 13.7 Å². The number of ether oxygens (including phenoxy) is 2. The van der Waals surface area contributed by atoms with Crippen LogP contribution >= 0.6 is 0 Å². The minimum Gasteiger partial charge on any atom is -0.497 e. The molecular weight excluding hydrogens is 204 g/mol. The Labute approximate surface area is 95.7 Å². The molecular formula is C13H16O3. The van der Waals surface area contributed by atoms with E-state index in [2.05, 4.69) is 0 Å². The first kappa shape index (κ1) is 12.3. The molecule has 0 fully saturated rings. The number of rotatable bonds is 5. The summed E-state index contributed by atoms with van der Waals surface area (Å²) in [5.41, 5.74) is 1.74. The van der Waals surface area contributed by atoms with E-state index in [0.717, 1.165) is 6.29 Å². The normalized spacial score (nSPS) is 9.44. The van der Waals surface area contributed by atoms with Crippen LogP contribution in [0.2, 0.25) is 0 Å². The molecule has 0 atom stereocenters. The summed E-state index contributed by atoms with van der Waals surface area (Å²) in [7, 11) is 1.56. The molecule has 0 aliphatic rings. The predicted molar refractivity (Wildman–Crippen MR) is 63.3 cm³/mol. The Morgan fingerprint density at radius 3 is 2.50 bits per heavy atom. The summed E-state index contributed by atoms with van der Waals surface area (Å²) >= 11 is 0. The van der Waals surface area contributed by atoms with Gasteiger partial charge in [0.1, 0.15) is 24.4 Å². The van der Waals surface area contributed by atoms with Crippen LogP contribution in [0.5, 0.6) is 11.5 Å². The molecule has 0 heterocycles. The van der Waals surface area contributed by atoms with Gasteiger partial charge < -0.3 is 9.47 Å². The van der Waals surface area contributed by atoms with Crippen molar-refractivity contribution >= 4 is 6.29 Å². The summed E-state index contributed by atoms with van der Waals surface area (Å²) in [4.78, 5) is 10.7. The first-order valence-corrected chi connectivity index (χ1v) is 5.06. The zero-order valence-electron chi connectivity index (χ0n) is 9.82. The Morgan fingerprint density at radius 1 is 1.25 bits per heavy atom. The van der Waals surface area contributed by atoms with Crippen LogP contribution in [-0.4, -0.2) is 20.0 Å². The highest BCUT2D eigenvalue weighted by atomic mass is 16.5. The highest BCUT2D eigenvalue weighted by Gasteiger charge is 2.01. The minimum atomic E-state index is 0.494. The zero-order valence-corrected chi connectivity index (χ0v) is 9.82. The summed E-state index contributed by atoms with van der Waals surface area (Å²) in [6.45, 7) is 4.51. The predicted octanol–water partition coefficient (Wildman–Crippen LogP) is 2.85. The molecule has 1 aromatic carbocycles. The van der Waals surface area contributed by atoms with Gasteiger partial charge in [0.2, 0.25) is 0 Å². The Kier molecular flexibility index (Phi) is 4.58. The third-order valence-electron chi connectivity index (χ3n) is 2.02. The molecule has 0 saturated heterocycles. The van der Waals surface area contributed by atoms with Gasteiger partial charge in [0, 0.05) is 11.6 Å². The lowest BCUT2D eigenvalue weighted by molar-refractivity contribution is 0.112. The lowest BCUT2D eigenvalue weighted by atomic mass is 10.2. The van der Waals surface area contributed by atoms with Gasteiger partial charge >= 0.3 is 0 Å². The molecule has 1 rings (SSSR count). The topological polar surface area (TPSA) is 35.5 Å². The van der Waals surface area contributed by atoms with E-state index in [1.165, 1.54) is 5.57 Å². The van der Waals surface area contributed by atoms with Gasteiger partial charge in [0.15, 0.2) is 0 Å². The zero-order chi connectivity index (χ0) is 12.0. The van der Waals surface area contributed by atoms with Crippen molar-refractivity contribution in [3.63, 3.8) is 0 Å². The van der Waals surface area contributed by atoms with Crippen molar-refractivity contribution in [3.05, 3.63) is 35.4 Å². The molecule has 0 aliphatic carbocycles. The largest absolute Gasteiger partial charge is 0.497 e. The van der Waals surface area contributed by atoms with Gasteiger partial charge in [-0.05, 0) is 32.1 Å². The average molecular weight is 220 g/mol. The van der Waals surface area contributed by atoms with Crippen LogP contribution in [0.4, 0.5) is 0 Å². The van der Waals surface area contributed by atoms with Crippen LogP contribution in [0.3, 0.4) is 0 Å². The van der Waals surface area contributed by atoms with Crippen LogP contribution in [0.1, 0.15) is 24.2 Å². The van der Waals surface area contributed by atoms with Crippen molar-refractivity contribution in [2.24, 2.45) is 0 Å². The maximum Gasteiger partial charge on any atom is 0.150 e. The Balaban J connectivity index is 2.78. The van der Waals surface area contributed by atoms with Crippen molar-refractivity contribution < 1.29 is 14.3 Å². The molecule has 0 unspecified atom stereocenters. The Hall–Kier alpha value is -1.77. The fourth-order valence-electron chi connectivity index (χ4n) is 1.17. The van der Waals surface area contributed by atoms with Crippen molar-refractivity contribution in [3.8, 4) is 11.5 Å². The smallest absolute Gasteiger partial charge is 0.150 e. The maximum atomic E-state index is 10.7. The van der Waals surface area contributed by atoms with Gasteiger partial charge in [-0.3, -0.25) is 4.79 Å². The molecule has 16 heavy (non-hydrogen) atoms. The summed E-state index contributed by atoms with van der Waals surface area (Å²) in [6, 6.07) is 5.11. The number of hydrogen-bond donors (Lipinski definition) is 0. The lowest BCUT2D eigenvalue weighted by Crippen LogP contribution is -1.96. The SMILES string of the molecule is COc1cc(C=O)cc(OCC=C(C)C)c1. The van der Waals surface area contributed by atoms with Gasteiger partial charge in [0.05, 0.1) is 7.11 Å². The molecule has 0 aliphatic heterocycles. The summed E-state index contributed by atoms with van der Waals surface area (Å²) in [5.74, 6) is 1.26. The van der Waals surface area contributed by atoms with Crippen LogP contribution in [0, 0.1) is 0 Å². The third kappa shape index (κ3) is 3.77. The molecule has 0 radical (unpaired) electrons. The second-order valence-electron chi connectivity index (χ2n) is 3.65. The van der Waals surface area contributed by atoms with E-state index in [1.54, 1.807) is 25.3 Å². The van der Waals surface area contributed by atoms with E-state index in [4.69, 9.17) is 9.47 Å². The molecule has 0 bridgehead atoms. The van der Waals surface area contributed by atoms with E-state index in [9.17, 15) is 4.79 Å². The monoisotopic (exact) mass is 220 g/mol. The first-order chi connectivity index (χ1) is 7.65. The lowest BCUT2D eigenvalue weighted by Gasteiger charge is -2.07.